The Morgan fingerprint density at radius 3 is 2.84 bits per heavy atom. The molecule has 2 rings (SSSR count). The van der Waals surface area contributed by atoms with Gasteiger partial charge in [-0.05, 0) is 36.1 Å². The van der Waals surface area contributed by atoms with E-state index in [1.165, 1.54) is 10.4 Å². The molecule has 0 saturated heterocycles. The van der Waals surface area contributed by atoms with Crippen LogP contribution in [-0.2, 0) is 11.3 Å². The Hall–Kier alpha value is -1.52. The van der Waals surface area contributed by atoms with Gasteiger partial charge in [-0.15, -0.1) is 11.3 Å². The first-order valence-corrected chi connectivity index (χ1v) is 7.16. The van der Waals surface area contributed by atoms with Crippen LogP contribution >= 0.6 is 11.3 Å². The van der Waals surface area contributed by atoms with E-state index in [-0.39, 0.29) is 0 Å². The number of ether oxygens (including phenoxy) is 2. The van der Waals surface area contributed by atoms with Gasteiger partial charge in [-0.2, -0.15) is 0 Å². The van der Waals surface area contributed by atoms with Crippen LogP contribution in [0.25, 0.3) is 0 Å². The zero-order valence-electron chi connectivity index (χ0n) is 11.3. The van der Waals surface area contributed by atoms with E-state index < -0.39 is 0 Å². The Morgan fingerprint density at radius 2 is 2.11 bits per heavy atom. The van der Waals surface area contributed by atoms with Crippen molar-refractivity contribution >= 4 is 17.0 Å². The van der Waals surface area contributed by atoms with Crippen LogP contribution in [0.15, 0.2) is 35.7 Å². The van der Waals surface area contributed by atoms with Gasteiger partial charge in [-0.3, -0.25) is 0 Å². The summed E-state index contributed by atoms with van der Waals surface area (Å²) in [6.07, 6.45) is 0. The molecule has 0 unspecified atom stereocenters. The van der Waals surface area contributed by atoms with Gasteiger partial charge >= 0.3 is 0 Å². The second kappa shape index (κ2) is 7.16. The molecule has 0 spiro atoms. The highest BCUT2D eigenvalue weighted by Gasteiger charge is 2.01. The minimum atomic E-state index is 0.573. The highest BCUT2D eigenvalue weighted by molar-refractivity contribution is 7.10. The highest BCUT2D eigenvalue weighted by atomic mass is 32.1. The molecule has 1 N–H and O–H groups in total. The van der Waals surface area contributed by atoms with E-state index in [9.17, 15) is 0 Å². The lowest BCUT2D eigenvalue weighted by molar-refractivity contribution is 0.146. The third-order valence-electron chi connectivity index (χ3n) is 2.81. The SMILES string of the molecule is COCCOc1cccc(NCc2sccc2C)c1. The Balaban J connectivity index is 1.90. The first-order valence-electron chi connectivity index (χ1n) is 6.28. The summed E-state index contributed by atoms with van der Waals surface area (Å²) in [6, 6.07) is 10.2. The van der Waals surface area contributed by atoms with Crippen molar-refractivity contribution < 1.29 is 9.47 Å². The summed E-state index contributed by atoms with van der Waals surface area (Å²) in [7, 11) is 1.67. The largest absolute Gasteiger partial charge is 0.491 e. The van der Waals surface area contributed by atoms with Crippen LogP contribution < -0.4 is 10.1 Å². The van der Waals surface area contributed by atoms with Crippen molar-refractivity contribution in [2.24, 2.45) is 0 Å². The predicted molar refractivity (Wildman–Crippen MR) is 80.2 cm³/mol. The van der Waals surface area contributed by atoms with Gasteiger partial charge in [0.2, 0.25) is 0 Å². The van der Waals surface area contributed by atoms with Gasteiger partial charge in [0.15, 0.2) is 0 Å². The van der Waals surface area contributed by atoms with Gasteiger partial charge < -0.3 is 14.8 Å². The molecule has 3 nitrogen and oxygen atoms in total. The van der Waals surface area contributed by atoms with Crippen molar-refractivity contribution in [3.8, 4) is 5.75 Å². The van der Waals surface area contributed by atoms with E-state index in [2.05, 4.69) is 23.7 Å². The standard InChI is InChI=1S/C15H19NO2S/c1-12-6-9-19-15(12)11-16-13-4-3-5-14(10-13)18-8-7-17-2/h3-6,9-10,16H,7-8,11H2,1-2H3. The second-order valence-corrected chi connectivity index (χ2v) is 5.25. The average Bonchev–Trinajstić information content (AvgIpc) is 2.83. The lowest BCUT2D eigenvalue weighted by Gasteiger charge is -2.09. The molecule has 1 aromatic heterocycles. The van der Waals surface area contributed by atoms with Crippen molar-refractivity contribution in [3.63, 3.8) is 0 Å². The molecule has 0 aliphatic carbocycles. The number of aryl methyl sites for hydroxylation is 1. The Bertz CT molecular complexity index is 510. The fraction of sp³-hybridized carbons (Fsp3) is 0.333. The molecule has 4 heteroatoms. The van der Waals surface area contributed by atoms with Gasteiger partial charge in [-0.25, -0.2) is 0 Å². The van der Waals surface area contributed by atoms with Crippen LogP contribution in [-0.4, -0.2) is 20.3 Å². The summed E-state index contributed by atoms with van der Waals surface area (Å²) < 4.78 is 10.5. The highest BCUT2D eigenvalue weighted by Crippen LogP contribution is 2.20. The number of rotatable bonds is 7. The van der Waals surface area contributed by atoms with Crippen molar-refractivity contribution in [1.29, 1.82) is 0 Å². The van der Waals surface area contributed by atoms with Crippen molar-refractivity contribution in [2.75, 3.05) is 25.6 Å². The topological polar surface area (TPSA) is 30.5 Å². The molecule has 0 radical (unpaired) electrons. The molecule has 1 heterocycles. The van der Waals surface area contributed by atoms with Crippen LogP contribution in [0.3, 0.4) is 0 Å². The zero-order chi connectivity index (χ0) is 13.5. The van der Waals surface area contributed by atoms with Gasteiger partial charge in [0.1, 0.15) is 12.4 Å². The second-order valence-electron chi connectivity index (χ2n) is 4.25. The van der Waals surface area contributed by atoms with E-state index >= 15 is 0 Å². The lowest BCUT2D eigenvalue weighted by atomic mass is 10.2. The van der Waals surface area contributed by atoms with E-state index in [4.69, 9.17) is 9.47 Å². The first kappa shape index (κ1) is 13.9. The number of nitrogens with one attached hydrogen (secondary N) is 1. The molecule has 0 atom stereocenters. The molecule has 0 fully saturated rings. The summed E-state index contributed by atoms with van der Waals surface area (Å²) in [6.45, 7) is 4.17. The number of benzene rings is 1. The monoisotopic (exact) mass is 277 g/mol. The predicted octanol–water partition coefficient (Wildman–Crippen LogP) is 3.69. The molecule has 0 amide bonds. The minimum absolute atomic E-state index is 0.573. The first-order chi connectivity index (χ1) is 9.29. The molecular formula is C15H19NO2S. The molecule has 0 saturated carbocycles. The third kappa shape index (κ3) is 4.26. The molecule has 0 aliphatic rings. The van der Waals surface area contributed by atoms with Crippen LogP contribution in [0.5, 0.6) is 5.75 Å². The number of hydrogen-bond donors (Lipinski definition) is 1. The van der Waals surface area contributed by atoms with Crippen LogP contribution in [0, 0.1) is 6.92 Å². The smallest absolute Gasteiger partial charge is 0.121 e. The Morgan fingerprint density at radius 1 is 1.21 bits per heavy atom. The number of anilines is 1. The van der Waals surface area contributed by atoms with Crippen molar-refractivity contribution in [2.45, 2.75) is 13.5 Å². The normalized spacial score (nSPS) is 10.4. The van der Waals surface area contributed by atoms with Gasteiger partial charge in [0.05, 0.1) is 6.61 Å². The summed E-state index contributed by atoms with van der Waals surface area (Å²) in [4.78, 5) is 1.37. The van der Waals surface area contributed by atoms with Gasteiger partial charge in [-0.1, -0.05) is 6.07 Å². The molecule has 2 aromatic rings. The minimum Gasteiger partial charge on any atom is -0.491 e. The van der Waals surface area contributed by atoms with Gasteiger partial charge in [0, 0.05) is 30.3 Å². The molecule has 19 heavy (non-hydrogen) atoms. The summed E-state index contributed by atoms with van der Waals surface area (Å²) >= 11 is 1.78. The van der Waals surface area contributed by atoms with E-state index in [1.54, 1.807) is 18.4 Å². The molecule has 0 aliphatic heterocycles. The maximum atomic E-state index is 5.59. The third-order valence-corrected chi connectivity index (χ3v) is 3.83. The number of thiophene rings is 1. The maximum absolute atomic E-state index is 5.59. The zero-order valence-corrected chi connectivity index (χ0v) is 12.1. The summed E-state index contributed by atoms with van der Waals surface area (Å²) in [5.41, 5.74) is 2.41. The van der Waals surface area contributed by atoms with Gasteiger partial charge in [0.25, 0.3) is 0 Å². The number of hydrogen-bond acceptors (Lipinski definition) is 4. The van der Waals surface area contributed by atoms with Crippen LogP contribution in [0.1, 0.15) is 10.4 Å². The van der Waals surface area contributed by atoms with E-state index in [0.717, 1.165) is 18.0 Å². The van der Waals surface area contributed by atoms with Crippen LogP contribution in [0.4, 0.5) is 5.69 Å². The molecular weight excluding hydrogens is 258 g/mol. The van der Waals surface area contributed by atoms with Crippen molar-refractivity contribution in [3.05, 3.63) is 46.2 Å². The Labute approximate surface area is 118 Å². The lowest BCUT2D eigenvalue weighted by Crippen LogP contribution is -2.04. The quantitative estimate of drug-likeness (QED) is 0.783. The summed E-state index contributed by atoms with van der Waals surface area (Å²) in [5.74, 6) is 0.866. The fourth-order valence-electron chi connectivity index (χ4n) is 1.71. The molecule has 1 aromatic carbocycles. The summed E-state index contributed by atoms with van der Waals surface area (Å²) in [5, 5.41) is 5.54. The fourth-order valence-corrected chi connectivity index (χ4v) is 2.55. The number of methoxy groups -OCH3 is 1. The Kier molecular flexibility index (Phi) is 5.24. The van der Waals surface area contributed by atoms with E-state index in [0.29, 0.717) is 13.2 Å². The van der Waals surface area contributed by atoms with Crippen molar-refractivity contribution in [1.82, 2.24) is 0 Å². The van der Waals surface area contributed by atoms with E-state index in [1.807, 2.05) is 24.3 Å². The molecule has 102 valence electrons. The average molecular weight is 277 g/mol. The molecule has 0 bridgehead atoms. The maximum Gasteiger partial charge on any atom is 0.121 e. The van der Waals surface area contributed by atoms with Crippen LogP contribution in [0.2, 0.25) is 0 Å².